The van der Waals surface area contributed by atoms with E-state index in [1.165, 1.54) is 0 Å². The average molecular weight is 409 g/mol. The summed E-state index contributed by atoms with van der Waals surface area (Å²) < 4.78 is 11.1. The first-order valence-corrected chi connectivity index (χ1v) is 9.63. The number of aliphatic hydroxyl groups is 4. The van der Waals surface area contributed by atoms with Crippen LogP contribution in [-0.2, 0) is 11.2 Å². The molecule has 0 radical (unpaired) electrons. The Bertz CT molecular complexity index is 779. The molecule has 0 bridgehead atoms. The molecule has 7 heteroatoms. The van der Waals surface area contributed by atoms with Gasteiger partial charge >= 0.3 is 0 Å². The minimum absolute atomic E-state index is 0.464. The lowest BCUT2D eigenvalue weighted by molar-refractivity contribution is -0.231. The van der Waals surface area contributed by atoms with Gasteiger partial charge in [0.15, 0.2) is 0 Å². The smallest absolute Gasteiger partial charge is 0.119 e. The minimum Gasteiger partial charge on any atom is -0.494 e. The fourth-order valence-corrected chi connectivity index (χ4v) is 3.56. The Morgan fingerprint density at radius 2 is 1.71 bits per heavy atom. The van der Waals surface area contributed by atoms with Crippen molar-refractivity contribution in [2.24, 2.45) is 0 Å². The summed E-state index contributed by atoms with van der Waals surface area (Å²) in [4.78, 5) is 0. The highest BCUT2D eigenvalue weighted by molar-refractivity contribution is 6.31. The van der Waals surface area contributed by atoms with Crippen molar-refractivity contribution in [3.63, 3.8) is 0 Å². The molecule has 5 atom stereocenters. The van der Waals surface area contributed by atoms with E-state index in [1.54, 1.807) is 12.1 Å². The van der Waals surface area contributed by atoms with E-state index >= 15 is 0 Å². The Labute approximate surface area is 168 Å². The van der Waals surface area contributed by atoms with E-state index in [9.17, 15) is 20.4 Å². The third-order valence-corrected chi connectivity index (χ3v) is 5.29. The van der Waals surface area contributed by atoms with Crippen molar-refractivity contribution in [3.8, 4) is 5.75 Å². The van der Waals surface area contributed by atoms with Crippen molar-refractivity contribution in [1.29, 1.82) is 0 Å². The second-order valence-electron chi connectivity index (χ2n) is 6.85. The van der Waals surface area contributed by atoms with E-state index in [2.05, 4.69) is 0 Å². The molecule has 1 fully saturated rings. The standard InChI is InChI=1S/C21H25ClO6/c1-2-27-15-6-3-12(4-7-15)9-14-10-13(5-8-16(14)22)21-20(26)19(25)18(24)17(11-23)28-21/h3-8,10,17-21,23-26H,2,9,11H2,1H3/t17?,18-,19-,20?,21+/m1/s1. The van der Waals surface area contributed by atoms with Gasteiger partial charge in [0.2, 0.25) is 0 Å². The topological polar surface area (TPSA) is 99.4 Å². The number of halogens is 1. The van der Waals surface area contributed by atoms with Crippen molar-refractivity contribution in [3.05, 3.63) is 64.2 Å². The summed E-state index contributed by atoms with van der Waals surface area (Å²) in [5, 5.41) is 40.3. The Morgan fingerprint density at radius 1 is 1.00 bits per heavy atom. The van der Waals surface area contributed by atoms with E-state index in [4.69, 9.17) is 21.1 Å². The van der Waals surface area contributed by atoms with Crippen LogP contribution in [0, 0.1) is 0 Å². The van der Waals surface area contributed by atoms with Crippen LogP contribution in [0.2, 0.25) is 5.02 Å². The minimum atomic E-state index is -1.42. The Hall–Kier alpha value is -1.67. The van der Waals surface area contributed by atoms with E-state index in [0.717, 1.165) is 16.9 Å². The summed E-state index contributed by atoms with van der Waals surface area (Å²) in [5.41, 5.74) is 2.49. The van der Waals surface area contributed by atoms with Crippen molar-refractivity contribution in [1.82, 2.24) is 0 Å². The highest BCUT2D eigenvalue weighted by atomic mass is 35.5. The van der Waals surface area contributed by atoms with E-state index in [-0.39, 0.29) is 0 Å². The van der Waals surface area contributed by atoms with Crippen molar-refractivity contribution in [2.75, 3.05) is 13.2 Å². The fourth-order valence-electron chi connectivity index (χ4n) is 3.37. The molecule has 6 nitrogen and oxygen atoms in total. The molecule has 0 saturated carbocycles. The van der Waals surface area contributed by atoms with Crippen LogP contribution in [0.1, 0.15) is 29.7 Å². The molecular weight excluding hydrogens is 384 g/mol. The summed E-state index contributed by atoms with van der Waals surface area (Å²) in [6, 6.07) is 12.9. The number of rotatable bonds is 6. The lowest BCUT2D eigenvalue weighted by Crippen LogP contribution is -2.55. The molecule has 1 aliphatic rings. The van der Waals surface area contributed by atoms with Gasteiger partial charge in [0.25, 0.3) is 0 Å². The number of benzene rings is 2. The second-order valence-corrected chi connectivity index (χ2v) is 7.26. The van der Waals surface area contributed by atoms with Gasteiger partial charge in [0.05, 0.1) is 13.2 Å². The van der Waals surface area contributed by atoms with Gasteiger partial charge < -0.3 is 29.9 Å². The number of hydrogen-bond donors (Lipinski definition) is 4. The second kappa shape index (κ2) is 9.22. The zero-order valence-corrected chi connectivity index (χ0v) is 16.3. The average Bonchev–Trinajstić information content (AvgIpc) is 2.70. The monoisotopic (exact) mass is 408 g/mol. The molecule has 1 heterocycles. The largest absolute Gasteiger partial charge is 0.494 e. The first kappa shape index (κ1) is 21.0. The Kier molecular flexibility index (Phi) is 6.93. The van der Waals surface area contributed by atoms with Crippen LogP contribution in [0.3, 0.4) is 0 Å². The lowest BCUT2D eigenvalue weighted by Gasteiger charge is -2.40. The quantitative estimate of drug-likeness (QED) is 0.582. The third-order valence-electron chi connectivity index (χ3n) is 4.92. The van der Waals surface area contributed by atoms with Crippen LogP contribution >= 0.6 is 11.6 Å². The van der Waals surface area contributed by atoms with Crippen LogP contribution in [-0.4, -0.2) is 58.1 Å². The van der Waals surface area contributed by atoms with Crippen LogP contribution in [0.15, 0.2) is 42.5 Å². The van der Waals surface area contributed by atoms with E-state index < -0.39 is 37.1 Å². The fraction of sp³-hybridized carbons (Fsp3) is 0.429. The zero-order chi connectivity index (χ0) is 20.3. The maximum Gasteiger partial charge on any atom is 0.119 e. The van der Waals surface area contributed by atoms with Gasteiger partial charge in [-0.1, -0.05) is 35.9 Å². The molecule has 0 spiro atoms. The van der Waals surface area contributed by atoms with Gasteiger partial charge in [0.1, 0.15) is 36.3 Å². The molecule has 2 aromatic carbocycles. The van der Waals surface area contributed by atoms with E-state index in [0.29, 0.717) is 23.6 Å². The molecule has 2 aromatic rings. The summed E-state index contributed by atoms with van der Waals surface area (Å²) in [6.07, 6.45) is -5.39. The Balaban J connectivity index is 1.82. The van der Waals surface area contributed by atoms with Gasteiger partial charge in [-0.15, -0.1) is 0 Å². The van der Waals surface area contributed by atoms with Gasteiger partial charge in [-0.2, -0.15) is 0 Å². The molecule has 152 valence electrons. The maximum absolute atomic E-state index is 10.3. The molecule has 1 aliphatic heterocycles. The summed E-state index contributed by atoms with van der Waals surface area (Å²) in [7, 11) is 0. The van der Waals surface area contributed by atoms with Crippen LogP contribution in [0.5, 0.6) is 5.75 Å². The molecule has 28 heavy (non-hydrogen) atoms. The highest BCUT2D eigenvalue weighted by Crippen LogP contribution is 2.34. The third kappa shape index (κ3) is 4.49. The zero-order valence-electron chi connectivity index (χ0n) is 15.5. The molecule has 0 aliphatic carbocycles. The molecule has 0 aromatic heterocycles. The van der Waals surface area contributed by atoms with E-state index in [1.807, 2.05) is 37.3 Å². The first-order chi connectivity index (χ1) is 13.4. The maximum atomic E-state index is 10.3. The molecular formula is C21H25ClO6. The summed E-state index contributed by atoms with van der Waals surface area (Å²) in [5.74, 6) is 0.799. The molecule has 3 rings (SSSR count). The SMILES string of the molecule is CCOc1ccc(Cc2cc([C@@H]3OC(CO)[C@@H](O)[C@@H](O)C3O)ccc2Cl)cc1. The number of aliphatic hydroxyl groups excluding tert-OH is 4. The first-order valence-electron chi connectivity index (χ1n) is 9.25. The predicted molar refractivity (Wildman–Crippen MR) is 105 cm³/mol. The van der Waals surface area contributed by atoms with Gasteiger partial charge in [-0.05, 0) is 48.2 Å². The van der Waals surface area contributed by atoms with Crippen molar-refractivity contribution >= 4 is 11.6 Å². The molecule has 4 N–H and O–H groups in total. The van der Waals surface area contributed by atoms with Gasteiger partial charge in [-0.25, -0.2) is 0 Å². The molecule has 0 amide bonds. The Morgan fingerprint density at radius 3 is 2.36 bits per heavy atom. The van der Waals surface area contributed by atoms with Gasteiger partial charge in [-0.3, -0.25) is 0 Å². The normalized spacial score (nSPS) is 27.6. The number of ether oxygens (including phenoxy) is 2. The molecule has 2 unspecified atom stereocenters. The van der Waals surface area contributed by atoms with Crippen LogP contribution in [0.4, 0.5) is 0 Å². The van der Waals surface area contributed by atoms with Crippen LogP contribution in [0.25, 0.3) is 0 Å². The van der Waals surface area contributed by atoms with Crippen LogP contribution < -0.4 is 4.74 Å². The molecule has 1 saturated heterocycles. The highest BCUT2D eigenvalue weighted by Gasteiger charge is 2.43. The van der Waals surface area contributed by atoms with Gasteiger partial charge in [0, 0.05) is 5.02 Å². The van der Waals surface area contributed by atoms with Crippen molar-refractivity contribution < 1.29 is 29.9 Å². The van der Waals surface area contributed by atoms with Crippen molar-refractivity contribution in [2.45, 2.75) is 43.9 Å². The lowest BCUT2D eigenvalue weighted by atomic mass is 9.90. The summed E-state index contributed by atoms with van der Waals surface area (Å²) >= 11 is 6.35. The predicted octanol–water partition coefficient (Wildman–Crippen LogP) is 1.84. The summed E-state index contributed by atoms with van der Waals surface area (Å²) in [6.45, 7) is 2.07. The number of hydrogen-bond acceptors (Lipinski definition) is 6.